The quantitative estimate of drug-likeness (QED) is 0.767. The van der Waals surface area contributed by atoms with E-state index in [-0.39, 0.29) is 19.2 Å². The Labute approximate surface area is 125 Å². The maximum Gasteiger partial charge on any atom is 0.317 e. The summed E-state index contributed by atoms with van der Waals surface area (Å²) in [6.45, 7) is 3.28. The van der Waals surface area contributed by atoms with Gasteiger partial charge in [-0.25, -0.2) is 4.79 Å². The minimum absolute atomic E-state index is 0.166. The van der Waals surface area contributed by atoms with Crippen molar-refractivity contribution in [2.24, 2.45) is 11.8 Å². The van der Waals surface area contributed by atoms with Crippen molar-refractivity contribution < 1.29 is 19.4 Å². The van der Waals surface area contributed by atoms with E-state index < -0.39 is 17.9 Å². The van der Waals surface area contributed by atoms with Gasteiger partial charge < -0.3 is 25.0 Å². The van der Waals surface area contributed by atoms with E-state index >= 15 is 0 Å². The number of ether oxygens (including phenoxy) is 1. The van der Waals surface area contributed by atoms with Crippen LogP contribution in [0.2, 0.25) is 0 Å². The average molecular weight is 299 g/mol. The second-order valence-corrected chi connectivity index (χ2v) is 6.17. The van der Waals surface area contributed by atoms with E-state index in [1.807, 2.05) is 0 Å². The van der Waals surface area contributed by atoms with E-state index in [1.54, 1.807) is 11.9 Å². The first-order valence-electron chi connectivity index (χ1n) is 7.48. The molecule has 7 heteroatoms. The number of nitrogens with one attached hydrogen (secondary N) is 1. The first-order valence-corrected chi connectivity index (χ1v) is 7.48. The molecule has 2 aliphatic rings. The Bertz CT molecular complexity index is 382. The van der Waals surface area contributed by atoms with Crippen LogP contribution >= 0.6 is 0 Å². The van der Waals surface area contributed by atoms with Gasteiger partial charge in [-0.1, -0.05) is 0 Å². The van der Waals surface area contributed by atoms with Crippen molar-refractivity contribution in [3.8, 4) is 0 Å². The lowest BCUT2D eigenvalue weighted by Gasteiger charge is -2.32. The Morgan fingerprint density at radius 1 is 1.33 bits per heavy atom. The van der Waals surface area contributed by atoms with Crippen molar-refractivity contribution >= 4 is 12.0 Å². The van der Waals surface area contributed by atoms with E-state index in [4.69, 9.17) is 9.84 Å². The molecule has 2 amide bonds. The Balaban J connectivity index is 1.78. The molecule has 2 fully saturated rings. The molecule has 2 unspecified atom stereocenters. The first kappa shape index (κ1) is 16.0. The Kier molecular flexibility index (Phi) is 5.41. The number of hydrogen-bond donors (Lipinski definition) is 2. The van der Waals surface area contributed by atoms with E-state index in [1.165, 1.54) is 0 Å². The lowest BCUT2D eigenvalue weighted by molar-refractivity contribution is -0.142. The Morgan fingerprint density at radius 3 is 2.62 bits per heavy atom. The summed E-state index contributed by atoms with van der Waals surface area (Å²) in [5.41, 5.74) is 0. The molecule has 0 bridgehead atoms. The summed E-state index contributed by atoms with van der Waals surface area (Å²) in [6, 6.07) is -0.648. The van der Waals surface area contributed by atoms with Gasteiger partial charge in [-0.15, -0.1) is 0 Å². The predicted octanol–water partition coefficient (Wildman–Crippen LogP) is 0.0692. The van der Waals surface area contributed by atoms with E-state index in [0.717, 1.165) is 25.9 Å². The van der Waals surface area contributed by atoms with Crippen molar-refractivity contribution in [3.05, 3.63) is 0 Å². The molecule has 120 valence electrons. The summed E-state index contributed by atoms with van der Waals surface area (Å²) < 4.78 is 5.15. The molecular weight excluding hydrogens is 274 g/mol. The minimum atomic E-state index is -0.921. The van der Waals surface area contributed by atoms with Crippen LogP contribution in [-0.4, -0.2) is 79.9 Å². The lowest BCUT2D eigenvalue weighted by Crippen LogP contribution is -2.49. The standard InChI is InChI=1S/C14H25N3O4/c1-16-5-3-10(4-6-16)7-17(2)14(20)15-12-9-21-8-11(12)13(18)19/h10-12H,3-9H2,1-2H3,(H,15,20)(H,18,19). The average Bonchev–Trinajstić information content (AvgIpc) is 2.89. The zero-order valence-corrected chi connectivity index (χ0v) is 12.7. The van der Waals surface area contributed by atoms with Crippen LogP contribution in [0.15, 0.2) is 0 Å². The number of urea groups is 1. The zero-order valence-electron chi connectivity index (χ0n) is 12.7. The largest absolute Gasteiger partial charge is 0.481 e. The van der Waals surface area contributed by atoms with Gasteiger partial charge in [0.2, 0.25) is 0 Å². The van der Waals surface area contributed by atoms with Crippen LogP contribution in [-0.2, 0) is 9.53 Å². The molecule has 2 rings (SSSR count). The van der Waals surface area contributed by atoms with Crippen LogP contribution in [0.25, 0.3) is 0 Å². The molecule has 7 nitrogen and oxygen atoms in total. The van der Waals surface area contributed by atoms with Crippen LogP contribution in [0.3, 0.4) is 0 Å². The normalized spacial score (nSPS) is 27.5. The SMILES string of the molecule is CN1CCC(CN(C)C(=O)NC2COCC2C(=O)O)CC1. The van der Waals surface area contributed by atoms with Crippen LogP contribution in [0.5, 0.6) is 0 Å². The molecule has 2 atom stereocenters. The topological polar surface area (TPSA) is 82.1 Å². The number of amides is 2. The minimum Gasteiger partial charge on any atom is -0.481 e. The van der Waals surface area contributed by atoms with Gasteiger partial charge in [0.25, 0.3) is 0 Å². The molecule has 2 heterocycles. The second kappa shape index (κ2) is 7.09. The van der Waals surface area contributed by atoms with Crippen LogP contribution in [0.4, 0.5) is 4.79 Å². The van der Waals surface area contributed by atoms with Crippen molar-refractivity contribution in [1.29, 1.82) is 0 Å². The molecule has 0 radical (unpaired) electrons. The van der Waals surface area contributed by atoms with Gasteiger partial charge in [-0.3, -0.25) is 4.79 Å². The zero-order chi connectivity index (χ0) is 15.4. The smallest absolute Gasteiger partial charge is 0.317 e. The summed E-state index contributed by atoms with van der Waals surface area (Å²) in [5.74, 6) is -1.05. The number of nitrogens with zero attached hydrogens (tertiary/aromatic N) is 2. The van der Waals surface area contributed by atoms with Crippen molar-refractivity contribution in [2.75, 3.05) is 46.9 Å². The number of likely N-dealkylation sites (tertiary alicyclic amines) is 1. The third kappa shape index (κ3) is 4.31. The summed E-state index contributed by atoms with van der Waals surface area (Å²) in [6.07, 6.45) is 2.19. The maximum atomic E-state index is 12.2. The fourth-order valence-corrected chi connectivity index (χ4v) is 2.92. The van der Waals surface area contributed by atoms with Gasteiger partial charge in [0.1, 0.15) is 5.92 Å². The van der Waals surface area contributed by atoms with Crippen molar-refractivity contribution in [2.45, 2.75) is 18.9 Å². The fourth-order valence-electron chi connectivity index (χ4n) is 2.92. The third-order valence-electron chi connectivity index (χ3n) is 4.42. The molecule has 0 saturated carbocycles. The molecule has 0 aromatic rings. The summed E-state index contributed by atoms with van der Waals surface area (Å²) >= 11 is 0. The number of rotatable bonds is 4. The summed E-state index contributed by atoms with van der Waals surface area (Å²) in [4.78, 5) is 27.2. The highest BCUT2D eigenvalue weighted by Crippen LogP contribution is 2.18. The molecule has 2 saturated heterocycles. The molecule has 0 aromatic heterocycles. The number of hydrogen-bond acceptors (Lipinski definition) is 4. The van der Waals surface area contributed by atoms with E-state index in [0.29, 0.717) is 12.5 Å². The molecule has 2 N–H and O–H groups in total. The maximum absolute atomic E-state index is 12.2. The molecular formula is C14H25N3O4. The molecule has 0 aliphatic carbocycles. The number of carboxylic acids is 1. The summed E-state index contributed by atoms with van der Waals surface area (Å²) in [7, 11) is 3.87. The Morgan fingerprint density at radius 2 is 2.00 bits per heavy atom. The third-order valence-corrected chi connectivity index (χ3v) is 4.42. The summed E-state index contributed by atoms with van der Waals surface area (Å²) in [5, 5.41) is 11.9. The predicted molar refractivity (Wildman–Crippen MR) is 77.1 cm³/mol. The van der Waals surface area contributed by atoms with Crippen molar-refractivity contribution in [1.82, 2.24) is 15.1 Å². The van der Waals surface area contributed by atoms with Crippen molar-refractivity contribution in [3.63, 3.8) is 0 Å². The number of aliphatic carboxylic acids is 1. The number of carbonyl (C=O) groups is 2. The van der Waals surface area contributed by atoms with Gasteiger partial charge in [0.05, 0.1) is 19.3 Å². The van der Waals surface area contributed by atoms with Gasteiger partial charge in [-0.2, -0.15) is 0 Å². The number of carbonyl (C=O) groups excluding carboxylic acids is 1. The molecule has 21 heavy (non-hydrogen) atoms. The highest BCUT2D eigenvalue weighted by Gasteiger charge is 2.35. The highest BCUT2D eigenvalue weighted by molar-refractivity contribution is 5.77. The number of piperidine rings is 1. The van der Waals surface area contributed by atoms with E-state index in [9.17, 15) is 9.59 Å². The van der Waals surface area contributed by atoms with Gasteiger partial charge >= 0.3 is 12.0 Å². The van der Waals surface area contributed by atoms with Crippen LogP contribution in [0, 0.1) is 11.8 Å². The fraction of sp³-hybridized carbons (Fsp3) is 0.857. The molecule has 2 aliphatic heterocycles. The first-order chi connectivity index (χ1) is 9.97. The lowest BCUT2D eigenvalue weighted by atomic mass is 9.97. The molecule has 0 spiro atoms. The van der Waals surface area contributed by atoms with Gasteiger partial charge in [0, 0.05) is 13.6 Å². The van der Waals surface area contributed by atoms with Gasteiger partial charge in [-0.05, 0) is 38.9 Å². The van der Waals surface area contributed by atoms with Crippen LogP contribution < -0.4 is 5.32 Å². The second-order valence-electron chi connectivity index (χ2n) is 6.17. The van der Waals surface area contributed by atoms with Gasteiger partial charge in [0.15, 0.2) is 0 Å². The Hall–Kier alpha value is -1.34. The number of carboxylic acid groups (broad SMARTS) is 1. The molecule has 0 aromatic carbocycles. The highest BCUT2D eigenvalue weighted by atomic mass is 16.5. The monoisotopic (exact) mass is 299 g/mol. The van der Waals surface area contributed by atoms with Crippen LogP contribution in [0.1, 0.15) is 12.8 Å². The van der Waals surface area contributed by atoms with E-state index in [2.05, 4.69) is 17.3 Å².